The predicted molar refractivity (Wildman–Crippen MR) is 264 cm³/mol. The molecule has 0 spiro atoms. The van der Waals surface area contributed by atoms with E-state index in [1.807, 2.05) is 29.0 Å². The van der Waals surface area contributed by atoms with Crippen LogP contribution in [0.25, 0.3) is 105 Å². The molecule has 8 aromatic carbocycles. The molecule has 0 amide bonds. The Kier molecular flexibility index (Phi) is 8.20. The van der Waals surface area contributed by atoms with Gasteiger partial charge in [-0.3, -0.25) is 13.7 Å². The summed E-state index contributed by atoms with van der Waals surface area (Å²) in [6, 6.07) is 65.9. The number of aromatic nitrogens is 6. The van der Waals surface area contributed by atoms with Gasteiger partial charge in [0.2, 0.25) is 0 Å². The Labute approximate surface area is 374 Å². The number of hydrogen-bond acceptors (Lipinski definition) is 2. The first-order valence-corrected chi connectivity index (χ1v) is 21.9. The number of ether oxygens (including phenoxy) is 1. The number of pyridine rings is 1. The SMILES string of the molecule is Cn1c2ccccc2c2c3c4ccccc4n(C)c3c3c(c4ccc(Oc5cccc(-[n+]6[c-]n(-c7c(-c8ccccc8)cccc7-c7ccccc7)cc6)c5)cc4n3-c3ccccn3)c21. The topological polar surface area (TPSA) is 45.7 Å². The quantitative estimate of drug-likeness (QED) is 0.119. The number of fused-ring (bicyclic) bond motifs is 12. The zero-order chi connectivity index (χ0) is 43.2. The van der Waals surface area contributed by atoms with Crippen LogP contribution in [0.3, 0.4) is 0 Å². The summed E-state index contributed by atoms with van der Waals surface area (Å²) < 4.78 is 18.0. The van der Waals surface area contributed by atoms with E-state index in [1.54, 1.807) is 0 Å². The lowest BCUT2D eigenvalue weighted by atomic mass is 9.96. The fourth-order valence-electron chi connectivity index (χ4n) is 10.3. The van der Waals surface area contributed by atoms with Gasteiger partial charge in [-0.2, -0.15) is 0 Å². The molecule has 308 valence electrons. The van der Waals surface area contributed by atoms with E-state index < -0.39 is 0 Å². The third-order valence-electron chi connectivity index (χ3n) is 13.1. The summed E-state index contributed by atoms with van der Waals surface area (Å²) in [6.07, 6.45) is 9.64. The van der Waals surface area contributed by atoms with Crippen LogP contribution in [0.2, 0.25) is 0 Å². The molecule has 5 aromatic heterocycles. The van der Waals surface area contributed by atoms with Gasteiger partial charge >= 0.3 is 0 Å². The second-order valence-electron chi connectivity index (χ2n) is 16.7. The van der Waals surface area contributed by atoms with Crippen LogP contribution in [-0.2, 0) is 14.1 Å². The molecule has 65 heavy (non-hydrogen) atoms. The molecule has 7 heteroatoms. The Balaban J connectivity index is 0.969. The van der Waals surface area contributed by atoms with E-state index in [0.717, 1.165) is 67.4 Å². The van der Waals surface area contributed by atoms with Crippen molar-refractivity contribution in [3.8, 4) is 50.9 Å². The van der Waals surface area contributed by atoms with Gasteiger partial charge in [-0.15, -0.1) is 0 Å². The lowest BCUT2D eigenvalue weighted by Gasteiger charge is -2.16. The summed E-state index contributed by atoms with van der Waals surface area (Å²) in [5, 5.41) is 7.31. The normalized spacial score (nSPS) is 11.8. The van der Waals surface area contributed by atoms with Gasteiger partial charge in [0, 0.05) is 82.1 Å². The summed E-state index contributed by atoms with van der Waals surface area (Å²) in [7, 11) is 4.39. The fourth-order valence-corrected chi connectivity index (χ4v) is 10.3. The molecule has 13 rings (SSSR count). The van der Waals surface area contributed by atoms with Gasteiger partial charge in [0.15, 0.2) is 0 Å². The zero-order valence-corrected chi connectivity index (χ0v) is 35.7. The molecule has 0 bridgehead atoms. The third-order valence-corrected chi connectivity index (χ3v) is 13.1. The van der Waals surface area contributed by atoms with Gasteiger partial charge < -0.3 is 13.9 Å². The number of rotatable bonds is 7. The highest BCUT2D eigenvalue weighted by Crippen LogP contribution is 2.48. The average Bonchev–Trinajstić information content (AvgIpc) is 4.13. The largest absolute Gasteiger partial charge is 0.458 e. The maximum atomic E-state index is 6.82. The highest BCUT2D eigenvalue weighted by atomic mass is 16.5. The van der Waals surface area contributed by atoms with Crippen LogP contribution in [0.1, 0.15) is 0 Å². The van der Waals surface area contributed by atoms with E-state index in [1.165, 1.54) is 49.0 Å². The fraction of sp³-hybridized carbons (Fsp3) is 0.0345. The number of hydrogen-bond donors (Lipinski definition) is 0. The standard InChI is InChI=1S/C58H40N6O/c1-60-48-27-11-9-23-45(48)52-53-46-24-10-12-28-49(46)61(2)57(53)58-54(56(52)60)47-31-30-42(36-50(47)64(58)51-29-13-14-32-59-51)65-41-22-15-21-40(35-41)62-33-34-63(37-62)55-43(38-17-5-3-6-18-38)25-16-26-44(55)39-19-7-4-8-20-39/h3-36H,1-2H3. The van der Waals surface area contributed by atoms with Crippen molar-refractivity contribution in [1.82, 2.24) is 23.3 Å². The third kappa shape index (κ3) is 5.62. The average molecular weight is 837 g/mol. The van der Waals surface area contributed by atoms with Crippen LogP contribution < -0.4 is 9.30 Å². The van der Waals surface area contributed by atoms with E-state index in [2.05, 4.69) is 221 Å². The Morgan fingerprint density at radius 3 is 1.78 bits per heavy atom. The minimum Gasteiger partial charge on any atom is -0.458 e. The van der Waals surface area contributed by atoms with Crippen molar-refractivity contribution in [2.75, 3.05) is 0 Å². The second kappa shape index (κ2) is 14.4. The van der Waals surface area contributed by atoms with Crippen molar-refractivity contribution in [2.45, 2.75) is 0 Å². The number of imidazole rings is 1. The van der Waals surface area contributed by atoms with Crippen LogP contribution in [0.4, 0.5) is 0 Å². The van der Waals surface area contributed by atoms with Crippen molar-refractivity contribution < 1.29 is 9.30 Å². The molecule has 5 heterocycles. The van der Waals surface area contributed by atoms with E-state index in [9.17, 15) is 0 Å². The van der Waals surface area contributed by atoms with Crippen molar-refractivity contribution in [2.24, 2.45) is 14.1 Å². The molecule has 0 aliphatic rings. The highest BCUT2D eigenvalue weighted by Gasteiger charge is 2.27. The number of aryl methyl sites for hydroxylation is 2. The first-order valence-electron chi connectivity index (χ1n) is 21.9. The smallest absolute Gasteiger partial charge is 0.268 e. The van der Waals surface area contributed by atoms with Crippen LogP contribution >= 0.6 is 0 Å². The number of para-hydroxylation sites is 3. The van der Waals surface area contributed by atoms with Crippen LogP contribution in [0.15, 0.2) is 207 Å². The first-order chi connectivity index (χ1) is 32.1. The summed E-state index contributed by atoms with van der Waals surface area (Å²) in [6.45, 7) is 0. The number of benzene rings is 8. The Bertz CT molecular complexity index is 3930. The van der Waals surface area contributed by atoms with Gasteiger partial charge in [-0.25, -0.2) is 4.98 Å². The van der Waals surface area contributed by atoms with Gasteiger partial charge in [0.25, 0.3) is 6.33 Å². The van der Waals surface area contributed by atoms with Gasteiger partial charge in [-0.05, 0) is 76.9 Å². The monoisotopic (exact) mass is 836 g/mol. The molecule has 7 nitrogen and oxygen atoms in total. The molecule has 0 N–H and O–H groups in total. The summed E-state index contributed by atoms with van der Waals surface area (Å²) >= 11 is 0. The molecule has 0 radical (unpaired) electrons. The molecule has 13 aromatic rings. The molecular formula is C58H40N6O. The molecule has 0 fully saturated rings. The first kappa shape index (κ1) is 36.9. The van der Waals surface area contributed by atoms with Crippen LogP contribution in [0, 0.1) is 6.33 Å². The summed E-state index contributed by atoms with van der Waals surface area (Å²) in [4.78, 5) is 4.98. The van der Waals surface area contributed by atoms with Crippen molar-refractivity contribution in [3.63, 3.8) is 0 Å². The zero-order valence-electron chi connectivity index (χ0n) is 35.7. The van der Waals surface area contributed by atoms with Crippen LogP contribution in [0.5, 0.6) is 11.5 Å². The Morgan fingerprint density at radius 1 is 0.492 bits per heavy atom. The number of nitrogens with zero attached hydrogens (tertiary/aromatic N) is 6. The second-order valence-corrected chi connectivity index (χ2v) is 16.7. The molecule has 0 saturated heterocycles. The van der Waals surface area contributed by atoms with Crippen LogP contribution in [-0.4, -0.2) is 23.3 Å². The van der Waals surface area contributed by atoms with Crippen molar-refractivity contribution in [3.05, 3.63) is 213 Å². The molecule has 0 unspecified atom stereocenters. The molecule has 0 saturated carbocycles. The van der Waals surface area contributed by atoms with Gasteiger partial charge in [-0.1, -0.05) is 127 Å². The molecule has 0 aliphatic carbocycles. The molecular weight excluding hydrogens is 797 g/mol. The van der Waals surface area contributed by atoms with Crippen molar-refractivity contribution in [1.29, 1.82) is 0 Å². The Morgan fingerprint density at radius 2 is 1.09 bits per heavy atom. The Hall–Kier alpha value is -8.68. The maximum absolute atomic E-state index is 6.82. The van der Waals surface area contributed by atoms with E-state index in [-0.39, 0.29) is 0 Å². The minimum absolute atomic E-state index is 0.720. The van der Waals surface area contributed by atoms with Gasteiger partial charge in [0.05, 0.1) is 33.4 Å². The minimum atomic E-state index is 0.720. The van der Waals surface area contributed by atoms with Gasteiger partial charge in [0.1, 0.15) is 17.3 Å². The van der Waals surface area contributed by atoms with E-state index in [4.69, 9.17) is 9.72 Å². The predicted octanol–water partition coefficient (Wildman–Crippen LogP) is 13.5. The highest BCUT2D eigenvalue weighted by molar-refractivity contribution is 6.40. The lowest BCUT2D eigenvalue weighted by Crippen LogP contribution is -2.28. The molecule has 0 aliphatic heterocycles. The van der Waals surface area contributed by atoms with Crippen molar-refractivity contribution >= 4 is 65.4 Å². The van der Waals surface area contributed by atoms with E-state index in [0.29, 0.717) is 0 Å². The molecule has 0 atom stereocenters. The van der Waals surface area contributed by atoms with E-state index >= 15 is 0 Å². The lowest BCUT2D eigenvalue weighted by molar-refractivity contribution is -0.599. The summed E-state index contributed by atoms with van der Waals surface area (Å²) in [5.41, 5.74) is 13.4. The maximum Gasteiger partial charge on any atom is 0.268 e. The summed E-state index contributed by atoms with van der Waals surface area (Å²) in [5.74, 6) is 2.29.